The van der Waals surface area contributed by atoms with Gasteiger partial charge in [-0.2, -0.15) is 0 Å². The normalized spacial score (nSPS) is 22.7. The molecule has 1 saturated heterocycles. The first kappa shape index (κ1) is 14.8. The molecule has 21 heavy (non-hydrogen) atoms. The molecule has 2 fully saturated rings. The average Bonchev–Trinajstić information content (AvgIpc) is 3.23. The van der Waals surface area contributed by atoms with Crippen LogP contribution in [0.5, 0.6) is 5.75 Å². The lowest BCUT2D eigenvalue weighted by molar-refractivity contribution is 0.107. The molecule has 1 aromatic rings. The Morgan fingerprint density at radius 3 is 2.76 bits per heavy atom. The molecule has 1 aliphatic carbocycles. The minimum atomic E-state index is 0.385. The highest BCUT2D eigenvalue weighted by atomic mass is 16.5. The van der Waals surface area contributed by atoms with Crippen LogP contribution in [0.4, 0.5) is 0 Å². The highest BCUT2D eigenvalue weighted by Crippen LogP contribution is 2.25. The van der Waals surface area contributed by atoms with Gasteiger partial charge in [-0.05, 0) is 37.0 Å². The molecule has 4 nitrogen and oxygen atoms in total. The number of rotatable bonds is 7. The molecule has 116 valence electrons. The lowest BCUT2D eigenvalue weighted by Crippen LogP contribution is -2.23. The van der Waals surface area contributed by atoms with Gasteiger partial charge < -0.3 is 14.8 Å². The molecule has 0 spiro atoms. The van der Waals surface area contributed by atoms with Crippen molar-refractivity contribution in [1.29, 1.82) is 0 Å². The van der Waals surface area contributed by atoms with Crippen LogP contribution in [0.3, 0.4) is 0 Å². The molecule has 1 aromatic carbocycles. The Bertz CT molecular complexity index is 474. The summed E-state index contributed by atoms with van der Waals surface area (Å²) in [6.45, 7) is 4.03. The van der Waals surface area contributed by atoms with Crippen LogP contribution < -0.4 is 10.1 Å². The molecule has 1 N–H and O–H groups in total. The highest BCUT2D eigenvalue weighted by Gasteiger charge is 2.23. The zero-order chi connectivity index (χ0) is 14.7. The maximum Gasteiger partial charge on any atom is 0.123 e. The molecule has 1 saturated carbocycles. The number of benzene rings is 1. The third-order valence-corrected chi connectivity index (χ3v) is 4.47. The number of ether oxygens (including phenoxy) is 2. The maximum atomic E-state index is 5.52. The standard InChI is InChI=1S/C17H26N2O2/c1-20-16-7-8-19(12-16)11-14-9-13(3-6-17(14)21-2)10-18-15-4-5-15/h3,6,9,15-16,18H,4-5,7-8,10-12H2,1-2H3. The SMILES string of the molecule is COc1ccc(CNC2CC2)cc1CN1CCC(OC)C1. The Morgan fingerprint density at radius 2 is 2.10 bits per heavy atom. The lowest BCUT2D eigenvalue weighted by Gasteiger charge is -2.18. The molecule has 3 rings (SSSR count). The first-order chi connectivity index (χ1) is 10.3. The van der Waals surface area contributed by atoms with E-state index in [4.69, 9.17) is 9.47 Å². The summed E-state index contributed by atoms with van der Waals surface area (Å²) >= 11 is 0. The fourth-order valence-corrected chi connectivity index (χ4v) is 2.99. The summed E-state index contributed by atoms with van der Waals surface area (Å²) in [6.07, 6.45) is 4.17. The molecular formula is C17H26N2O2. The van der Waals surface area contributed by atoms with Gasteiger partial charge in [0.15, 0.2) is 0 Å². The molecule has 2 aliphatic rings. The molecule has 4 heteroatoms. The van der Waals surface area contributed by atoms with E-state index in [0.717, 1.165) is 44.4 Å². The zero-order valence-electron chi connectivity index (χ0n) is 13.1. The van der Waals surface area contributed by atoms with E-state index in [0.29, 0.717) is 6.10 Å². The van der Waals surface area contributed by atoms with E-state index in [-0.39, 0.29) is 0 Å². The third kappa shape index (κ3) is 3.96. The summed E-state index contributed by atoms with van der Waals surface area (Å²) in [5.74, 6) is 0.992. The second-order valence-corrected chi connectivity index (χ2v) is 6.18. The summed E-state index contributed by atoms with van der Waals surface area (Å²) in [6, 6.07) is 7.30. The van der Waals surface area contributed by atoms with E-state index in [2.05, 4.69) is 28.4 Å². The van der Waals surface area contributed by atoms with Crippen molar-refractivity contribution < 1.29 is 9.47 Å². The molecule has 0 amide bonds. The van der Waals surface area contributed by atoms with Crippen molar-refractivity contribution in [2.24, 2.45) is 0 Å². The summed E-state index contributed by atoms with van der Waals surface area (Å²) in [5, 5.41) is 3.57. The van der Waals surface area contributed by atoms with Crippen LogP contribution in [-0.2, 0) is 17.8 Å². The first-order valence-corrected chi connectivity index (χ1v) is 7.93. The van der Waals surface area contributed by atoms with E-state index in [1.54, 1.807) is 14.2 Å². The second-order valence-electron chi connectivity index (χ2n) is 6.18. The zero-order valence-corrected chi connectivity index (χ0v) is 13.1. The number of methoxy groups -OCH3 is 2. The minimum absolute atomic E-state index is 0.385. The fraction of sp³-hybridized carbons (Fsp3) is 0.647. The molecule has 1 aliphatic heterocycles. The van der Waals surface area contributed by atoms with E-state index < -0.39 is 0 Å². The van der Waals surface area contributed by atoms with Gasteiger partial charge in [0.05, 0.1) is 13.2 Å². The Kier molecular flexibility index (Phi) is 4.78. The van der Waals surface area contributed by atoms with Crippen molar-refractivity contribution in [2.45, 2.75) is 44.5 Å². The highest BCUT2D eigenvalue weighted by molar-refractivity contribution is 5.37. The monoisotopic (exact) mass is 290 g/mol. The van der Waals surface area contributed by atoms with Gasteiger partial charge in [-0.15, -0.1) is 0 Å². The van der Waals surface area contributed by atoms with Crippen molar-refractivity contribution >= 4 is 0 Å². The van der Waals surface area contributed by atoms with Crippen LogP contribution in [0.15, 0.2) is 18.2 Å². The van der Waals surface area contributed by atoms with E-state index in [1.807, 2.05) is 0 Å². The third-order valence-electron chi connectivity index (χ3n) is 4.47. The van der Waals surface area contributed by atoms with Crippen LogP contribution in [0.2, 0.25) is 0 Å². The Balaban J connectivity index is 1.64. The van der Waals surface area contributed by atoms with Gasteiger partial charge in [0.25, 0.3) is 0 Å². The van der Waals surface area contributed by atoms with Crippen molar-refractivity contribution in [3.05, 3.63) is 29.3 Å². The van der Waals surface area contributed by atoms with Crippen LogP contribution in [0.1, 0.15) is 30.4 Å². The summed E-state index contributed by atoms with van der Waals surface area (Å²) in [5.41, 5.74) is 2.63. The Hall–Kier alpha value is -1.10. The van der Waals surface area contributed by atoms with E-state index in [1.165, 1.54) is 24.0 Å². The van der Waals surface area contributed by atoms with Crippen molar-refractivity contribution in [1.82, 2.24) is 10.2 Å². The lowest BCUT2D eigenvalue weighted by atomic mass is 10.1. The van der Waals surface area contributed by atoms with Crippen LogP contribution in [0.25, 0.3) is 0 Å². The van der Waals surface area contributed by atoms with Crippen LogP contribution in [0, 0.1) is 0 Å². The van der Waals surface area contributed by atoms with Gasteiger partial charge in [-0.3, -0.25) is 4.90 Å². The summed E-state index contributed by atoms with van der Waals surface area (Å²) in [4.78, 5) is 2.45. The Labute approximate surface area is 127 Å². The maximum absolute atomic E-state index is 5.52. The largest absolute Gasteiger partial charge is 0.496 e. The molecule has 0 bridgehead atoms. The molecule has 0 aromatic heterocycles. The van der Waals surface area contributed by atoms with Gasteiger partial charge in [-0.1, -0.05) is 6.07 Å². The van der Waals surface area contributed by atoms with Gasteiger partial charge in [-0.25, -0.2) is 0 Å². The number of hydrogen-bond acceptors (Lipinski definition) is 4. The number of likely N-dealkylation sites (tertiary alicyclic amines) is 1. The summed E-state index contributed by atoms with van der Waals surface area (Å²) in [7, 11) is 3.56. The van der Waals surface area contributed by atoms with Crippen LogP contribution >= 0.6 is 0 Å². The van der Waals surface area contributed by atoms with Gasteiger partial charge >= 0.3 is 0 Å². The van der Waals surface area contributed by atoms with Gasteiger partial charge in [0.1, 0.15) is 5.75 Å². The van der Waals surface area contributed by atoms with E-state index >= 15 is 0 Å². The van der Waals surface area contributed by atoms with Crippen molar-refractivity contribution in [3.8, 4) is 5.75 Å². The number of hydrogen-bond donors (Lipinski definition) is 1. The van der Waals surface area contributed by atoms with Crippen molar-refractivity contribution in [2.75, 3.05) is 27.3 Å². The van der Waals surface area contributed by atoms with Gasteiger partial charge in [0.2, 0.25) is 0 Å². The van der Waals surface area contributed by atoms with Gasteiger partial charge in [0, 0.05) is 44.9 Å². The molecule has 0 radical (unpaired) electrons. The molecule has 1 heterocycles. The predicted octanol–water partition coefficient (Wildman–Crippen LogP) is 2.17. The topological polar surface area (TPSA) is 33.7 Å². The van der Waals surface area contributed by atoms with E-state index in [9.17, 15) is 0 Å². The Morgan fingerprint density at radius 1 is 1.24 bits per heavy atom. The predicted molar refractivity (Wildman–Crippen MR) is 83.5 cm³/mol. The van der Waals surface area contributed by atoms with Crippen molar-refractivity contribution in [3.63, 3.8) is 0 Å². The average molecular weight is 290 g/mol. The summed E-state index contributed by atoms with van der Waals surface area (Å²) < 4.78 is 11.0. The number of nitrogens with zero attached hydrogens (tertiary/aromatic N) is 1. The first-order valence-electron chi connectivity index (χ1n) is 7.93. The number of nitrogens with one attached hydrogen (secondary N) is 1. The quantitative estimate of drug-likeness (QED) is 0.834. The van der Waals surface area contributed by atoms with Crippen LogP contribution in [-0.4, -0.2) is 44.4 Å². The molecule has 1 unspecified atom stereocenters. The second kappa shape index (κ2) is 6.77. The molecule has 1 atom stereocenters. The smallest absolute Gasteiger partial charge is 0.123 e. The molecular weight excluding hydrogens is 264 g/mol. The fourth-order valence-electron chi connectivity index (χ4n) is 2.99. The minimum Gasteiger partial charge on any atom is -0.496 e.